The van der Waals surface area contributed by atoms with Gasteiger partial charge in [0.2, 0.25) is 0 Å². The Morgan fingerprint density at radius 3 is 2.22 bits per heavy atom. The summed E-state index contributed by atoms with van der Waals surface area (Å²) in [5.41, 5.74) is 3.07. The number of amides is 1. The Kier molecular flexibility index (Phi) is 7.73. The maximum absolute atomic E-state index is 13.9. The number of fused-ring (bicyclic) bond motifs is 1. The predicted molar refractivity (Wildman–Crippen MR) is 143 cm³/mol. The van der Waals surface area contributed by atoms with Crippen molar-refractivity contribution in [3.8, 4) is 17.2 Å². The van der Waals surface area contributed by atoms with Gasteiger partial charge < -0.3 is 19.5 Å². The summed E-state index contributed by atoms with van der Waals surface area (Å²) in [6.45, 7) is 3.93. The van der Waals surface area contributed by atoms with Gasteiger partial charge in [0.1, 0.15) is 12.4 Å². The number of benzene rings is 3. The molecule has 1 amide bonds. The van der Waals surface area contributed by atoms with Gasteiger partial charge in [-0.15, -0.1) is 0 Å². The SMILES string of the molecule is COc1cc2c(cc1OC)N(Cc1ccccc1)S(=O)(=O)C(C(=O)NCCOc1ccccc1C)=C2C. The van der Waals surface area contributed by atoms with Gasteiger partial charge in [-0.1, -0.05) is 48.5 Å². The smallest absolute Gasteiger partial charge is 0.270 e. The van der Waals surface area contributed by atoms with Crippen LogP contribution in [0.2, 0.25) is 0 Å². The van der Waals surface area contributed by atoms with Crippen LogP contribution in [0.4, 0.5) is 5.69 Å². The second kappa shape index (κ2) is 11.0. The number of hydrogen-bond donors (Lipinski definition) is 1. The lowest BCUT2D eigenvalue weighted by Gasteiger charge is -2.33. The molecule has 0 radical (unpaired) electrons. The Morgan fingerprint density at radius 2 is 1.54 bits per heavy atom. The topological polar surface area (TPSA) is 94.2 Å². The van der Waals surface area contributed by atoms with E-state index in [2.05, 4.69) is 5.32 Å². The number of rotatable bonds is 9. The molecule has 4 rings (SSSR count). The molecule has 8 nitrogen and oxygen atoms in total. The Labute approximate surface area is 217 Å². The van der Waals surface area contributed by atoms with Gasteiger partial charge in [-0.25, -0.2) is 8.42 Å². The zero-order chi connectivity index (χ0) is 26.6. The van der Waals surface area contributed by atoms with E-state index in [0.29, 0.717) is 34.1 Å². The summed E-state index contributed by atoms with van der Waals surface area (Å²) in [5, 5.41) is 2.71. The maximum atomic E-state index is 13.9. The third-order valence-corrected chi connectivity index (χ3v) is 8.09. The van der Waals surface area contributed by atoms with E-state index >= 15 is 0 Å². The Bertz CT molecular complexity index is 1430. The molecule has 0 spiro atoms. The number of nitrogens with zero attached hydrogens (tertiary/aromatic N) is 1. The fourth-order valence-electron chi connectivity index (χ4n) is 4.26. The number of nitrogens with one attached hydrogen (secondary N) is 1. The second-order valence-corrected chi connectivity index (χ2v) is 10.3. The van der Waals surface area contributed by atoms with E-state index in [1.54, 1.807) is 19.1 Å². The van der Waals surface area contributed by atoms with Gasteiger partial charge in [0.05, 0.1) is 33.0 Å². The van der Waals surface area contributed by atoms with Crippen LogP contribution in [0.5, 0.6) is 17.2 Å². The molecule has 9 heteroatoms. The average molecular weight is 523 g/mol. The Hall–Kier alpha value is -3.98. The molecule has 194 valence electrons. The molecule has 3 aromatic rings. The molecule has 0 bridgehead atoms. The molecule has 1 aliphatic rings. The van der Waals surface area contributed by atoms with Gasteiger partial charge in [0, 0.05) is 11.6 Å². The summed E-state index contributed by atoms with van der Waals surface area (Å²) in [6, 6.07) is 20.1. The minimum atomic E-state index is -4.20. The average Bonchev–Trinajstić information content (AvgIpc) is 2.89. The van der Waals surface area contributed by atoms with E-state index in [0.717, 1.165) is 11.1 Å². The third kappa shape index (κ3) is 5.27. The van der Waals surface area contributed by atoms with E-state index in [1.807, 2.05) is 61.5 Å². The maximum Gasteiger partial charge on any atom is 0.270 e. The first-order valence-corrected chi connectivity index (χ1v) is 13.2. The highest BCUT2D eigenvalue weighted by atomic mass is 32.2. The molecule has 0 atom stereocenters. The van der Waals surface area contributed by atoms with Crippen molar-refractivity contribution in [2.45, 2.75) is 20.4 Å². The fraction of sp³-hybridized carbons (Fsp3) is 0.250. The van der Waals surface area contributed by atoms with Crippen molar-refractivity contribution >= 4 is 27.2 Å². The minimum Gasteiger partial charge on any atom is -0.493 e. The first kappa shape index (κ1) is 26.1. The molecular weight excluding hydrogens is 492 g/mol. The number of methoxy groups -OCH3 is 2. The highest BCUT2D eigenvalue weighted by molar-refractivity contribution is 7.97. The Balaban J connectivity index is 1.68. The highest BCUT2D eigenvalue weighted by Gasteiger charge is 2.40. The van der Waals surface area contributed by atoms with E-state index in [4.69, 9.17) is 14.2 Å². The number of para-hydroxylation sites is 1. The molecule has 0 saturated carbocycles. The number of anilines is 1. The van der Waals surface area contributed by atoms with Crippen LogP contribution in [-0.4, -0.2) is 41.7 Å². The fourth-order valence-corrected chi connectivity index (χ4v) is 6.01. The standard InChI is InChI=1S/C28H30N2O6S/c1-19-10-8-9-13-24(19)36-15-14-29-28(31)27-20(2)22-16-25(34-3)26(35-4)17-23(22)30(37(27,32)33)18-21-11-6-5-7-12-21/h5-13,16-17H,14-15,18H2,1-4H3,(H,29,31). The molecular formula is C28H30N2O6S. The number of allylic oxidation sites excluding steroid dienone is 1. The van der Waals surface area contributed by atoms with Crippen LogP contribution in [0.1, 0.15) is 23.6 Å². The Morgan fingerprint density at radius 1 is 0.892 bits per heavy atom. The molecule has 0 saturated heterocycles. The summed E-state index contributed by atoms with van der Waals surface area (Å²) < 4.78 is 45.6. The lowest BCUT2D eigenvalue weighted by atomic mass is 10.0. The van der Waals surface area contributed by atoms with Crippen LogP contribution >= 0.6 is 0 Å². The van der Waals surface area contributed by atoms with Crippen molar-refractivity contribution in [1.29, 1.82) is 0 Å². The van der Waals surface area contributed by atoms with Crippen LogP contribution in [0.25, 0.3) is 5.57 Å². The summed E-state index contributed by atoms with van der Waals surface area (Å²) in [7, 11) is -1.20. The molecule has 1 aliphatic heterocycles. The van der Waals surface area contributed by atoms with Crippen molar-refractivity contribution in [1.82, 2.24) is 5.32 Å². The molecule has 0 aliphatic carbocycles. The second-order valence-electron chi connectivity index (χ2n) is 8.55. The zero-order valence-electron chi connectivity index (χ0n) is 21.3. The van der Waals surface area contributed by atoms with Gasteiger partial charge in [-0.3, -0.25) is 9.10 Å². The zero-order valence-corrected chi connectivity index (χ0v) is 22.1. The minimum absolute atomic E-state index is 0.0477. The van der Waals surface area contributed by atoms with Crippen molar-refractivity contribution in [3.05, 3.63) is 88.3 Å². The lowest BCUT2D eigenvalue weighted by molar-refractivity contribution is -0.116. The quantitative estimate of drug-likeness (QED) is 0.422. The number of ether oxygens (including phenoxy) is 3. The van der Waals surface area contributed by atoms with E-state index < -0.39 is 15.9 Å². The molecule has 37 heavy (non-hydrogen) atoms. The molecule has 0 fully saturated rings. The molecule has 1 N–H and O–H groups in total. The van der Waals surface area contributed by atoms with E-state index in [1.165, 1.54) is 18.5 Å². The van der Waals surface area contributed by atoms with Crippen LogP contribution in [0.3, 0.4) is 0 Å². The first-order valence-electron chi connectivity index (χ1n) is 11.8. The van der Waals surface area contributed by atoms with Crippen molar-refractivity contribution in [3.63, 3.8) is 0 Å². The van der Waals surface area contributed by atoms with Crippen LogP contribution in [0.15, 0.2) is 71.6 Å². The number of carbonyl (C=O) groups is 1. The number of aryl methyl sites for hydroxylation is 1. The van der Waals surface area contributed by atoms with Crippen LogP contribution in [-0.2, 0) is 21.4 Å². The van der Waals surface area contributed by atoms with Gasteiger partial charge >= 0.3 is 0 Å². The van der Waals surface area contributed by atoms with E-state index in [-0.39, 0.29) is 24.6 Å². The van der Waals surface area contributed by atoms with Crippen LogP contribution in [0, 0.1) is 6.92 Å². The summed E-state index contributed by atoms with van der Waals surface area (Å²) in [4.78, 5) is 13.0. The highest BCUT2D eigenvalue weighted by Crippen LogP contribution is 2.45. The summed E-state index contributed by atoms with van der Waals surface area (Å²) in [6.07, 6.45) is 0. The number of carbonyl (C=O) groups excluding carboxylic acids is 1. The number of sulfonamides is 1. The largest absolute Gasteiger partial charge is 0.493 e. The van der Waals surface area contributed by atoms with Gasteiger partial charge in [-0.2, -0.15) is 0 Å². The van der Waals surface area contributed by atoms with Crippen molar-refractivity contribution in [2.75, 3.05) is 31.7 Å². The normalized spacial score (nSPS) is 14.1. The monoisotopic (exact) mass is 522 g/mol. The van der Waals surface area contributed by atoms with Crippen molar-refractivity contribution in [2.24, 2.45) is 0 Å². The molecule has 0 unspecified atom stereocenters. The summed E-state index contributed by atoms with van der Waals surface area (Å²) in [5.74, 6) is 0.848. The van der Waals surface area contributed by atoms with Gasteiger partial charge in [0.25, 0.3) is 15.9 Å². The van der Waals surface area contributed by atoms with Crippen LogP contribution < -0.4 is 23.8 Å². The third-order valence-electron chi connectivity index (χ3n) is 6.18. The van der Waals surface area contributed by atoms with E-state index in [9.17, 15) is 13.2 Å². The van der Waals surface area contributed by atoms with Gasteiger partial charge in [-0.05, 0) is 42.7 Å². The van der Waals surface area contributed by atoms with Gasteiger partial charge in [0.15, 0.2) is 16.4 Å². The van der Waals surface area contributed by atoms with Crippen molar-refractivity contribution < 1.29 is 27.4 Å². The molecule has 0 aromatic heterocycles. The molecule has 3 aromatic carbocycles. The predicted octanol–water partition coefficient (Wildman–Crippen LogP) is 4.29. The first-order chi connectivity index (χ1) is 17.8. The number of hydrogen-bond acceptors (Lipinski definition) is 6. The summed E-state index contributed by atoms with van der Waals surface area (Å²) >= 11 is 0. The molecule has 1 heterocycles. The lowest BCUT2D eigenvalue weighted by Crippen LogP contribution is -2.41.